The SMILES string of the molecule is C=CCNC(C)(C(=O)OC)c1cccc(Br)c1. The van der Waals surface area contributed by atoms with Crippen LogP contribution in [0.2, 0.25) is 0 Å². The summed E-state index contributed by atoms with van der Waals surface area (Å²) in [6.07, 6.45) is 1.71. The van der Waals surface area contributed by atoms with Gasteiger partial charge in [-0.15, -0.1) is 6.58 Å². The highest BCUT2D eigenvalue weighted by atomic mass is 79.9. The Hall–Kier alpha value is -1.13. The second-order valence-electron chi connectivity index (χ2n) is 3.80. The first-order chi connectivity index (χ1) is 8.04. The van der Waals surface area contributed by atoms with Crippen molar-refractivity contribution in [1.29, 1.82) is 0 Å². The van der Waals surface area contributed by atoms with Crippen molar-refractivity contribution in [3.8, 4) is 0 Å². The quantitative estimate of drug-likeness (QED) is 0.671. The standard InChI is InChI=1S/C13H16BrNO2/c1-4-8-15-13(2,12(16)17-3)10-6-5-7-11(14)9-10/h4-7,9,15H,1,8H2,2-3H3. The Labute approximate surface area is 110 Å². The van der Waals surface area contributed by atoms with Gasteiger partial charge in [-0.25, -0.2) is 4.79 Å². The minimum absolute atomic E-state index is 0.322. The third-order valence-electron chi connectivity index (χ3n) is 2.60. The zero-order valence-corrected chi connectivity index (χ0v) is 11.6. The van der Waals surface area contributed by atoms with Crippen molar-refractivity contribution in [2.75, 3.05) is 13.7 Å². The van der Waals surface area contributed by atoms with Crippen molar-refractivity contribution >= 4 is 21.9 Å². The second-order valence-corrected chi connectivity index (χ2v) is 4.71. The summed E-state index contributed by atoms with van der Waals surface area (Å²) in [5.41, 5.74) is -0.0206. The minimum Gasteiger partial charge on any atom is -0.467 e. The van der Waals surface area contributed by atoms with Crippen LogP contribution in [-0.4, -0.2) is 19.6 Å². The van der Waals surface area contributed by atoms with Gasteiger partial charge >= 0.3 is 5.97 Å². The molecule has 0 aliphatic rings. The molecule has 92 valence electrons. The zero-order chi connectivity index (χ0) is 12.9. The fourth-order valence-corrected chi connectivity index (χ4v) is 1.97. The van der Waals surface area contributed by atoms with Gasteiger partial charge in [0.05, 0.1) is 7.11 Å². The first kappa shape index (κ1) is 13.9. The van der Waals surface area contributed by atoms with Gasteiger partial charge < -0.3 is 4.74 Å². The average molecular weight is 298 g/mol. The molecule has 1 N–H and O–H groups in total. The van der Waals surface area contributed by atoms with Crippen LogP contribution >= 0.6 is 15.9 Å². The van der Waals surface area contributed by atoms with Crippen molar-refractivity contribution in [1.82, 2.24) is 5.32 Å². The number of hydrogen-bond acceptors (Lipinski definition) is 3. The summed E-state index contributed by atoms with van der Waals surface area (Å²) in [5, 5.41) is 3.13. The first-order valence-electron chi connectivity index (χ1n) is 5.25. The third kappa shape index (κ3) is 3.17. The van der Waals surface area contributed by atoms with E-state index >= 15 is 0 Å². The number of hydrogen-bond donors (Lipinski definition) is 1. The number of rotatable bonds is 5. The van der Waals surface area contributed by atoms with E-state index in [0.717, 1.165) is 10.0 Å². The van der Waals surface area contributed by atoms with Crippen LogP contribution in [0.15, 0.2) is 41.4 Å². The molecule has 1 atom stereocenters. The largest absolute Gasteiger partial charge is 0.467 e. The number of carbonyl (C=O) groups is 1. The maximum atomic E-state index is 11.9. The fourth-order valence-electron chi connectivity index (χ4n) is 1.57. The Morgan fingerprint density at radius 1 is 1.65 bits per heavy atom. The molecule has 0 fully saturated rings. The predicted molar refractivity (Wildman–Crippen MR) is 71.7 cm³/mol. The van der Waals surface area contributed by atoms with Gasteiger partial charge in [0.1, 0.15) is 5.54 Å². The Kier molecular flexibility index (Phi) is 4.90. The summed E-state index contributed by atoms with van der Waals surface area (Å²) in [4.78, 5) is 11.9. The molecule has 0 bridgehead atoms. The molecule has 1 aromatic carbocycles. The molecule has 3 nitrogen and oxygen atoms in total. The summed E-state index contributed by atoms with van der Waals surface area (Å²) in [7, 11) is 1.38. The summed E-state index contributed by atoms with van der Waals surface area (Å²) in [5.74, 6) is -0.322. The molecule has 1 unspecified atom stereocenters. The zero-order valence-electron chi connectivity index (χ0n) is 10.00. The number of ether oxygens (including phenoxy) is 1. The minimum atomic E-state index is -0.868. The topological polar surface area (TPSA) is 38.3 Å². The molecule has 17 heavy (non-hydrogen) atoms. The lowest BCUT2D eigenvalue weighted by atomic mass is 9.92. The molecule has 1 rings (SSSR count). The highest BCUT2D eigenvalue weighted by Gasteiger charge is 2.35. The number of methoxy groups -OCH3 is 1. The monoisotopic (exact) mass is 297 g/mol. The van der Waals surface area contributed by atoms with Crippen LogP contribution in [0.5, 0.6) is 0 Å². The molecule has 0 aliphatic carbocycles. The van der Waals surface area contributed by atoms with Crippen molar-refractivity contribution < 1.29 is 9.53 Å². The van der Waals surface area contributed by atoms with E-state index in [1.54, 1.807) is 13.0 Å². The van der Waals surface area contributed by atoms with Crippen molar-refractivity contribution in [3.05, 3.63) is 47.0 Å². The van der Waals surface area contributed by atoms with Crippen molar-refractivity contribution in [3.63, 3.8) is 0 Å². The van der Waals surface area contributed by atoms with Crippen LogP contribution in [0.1, 0.15) is 12.5 Å². The molecular weight excluding hydrogens is 282 g/mol. The number of benzene rings is 1. The maximum Gasteiger partial charge on any atom is 0.330 e. The smallest absolute Gasteiger partial charge is 0.330 e. The lowest BCUT2D eigenvalue weighted by molar-refractivity contribution is -0.148. The van der Waals surface area contributed by atoms with E-state index in [1.165, 1.54) is 7.11 Å². The molecule has 0 heterocycles. The van der Waals surface area contributed by atoms with Crippen LogP contribution in [0.4, 0.5) is 0 Å². The van der Waals surface area contributed by atoms with E-state index < -0.39 is 5.54 Å². The Bertz CT molecular complexity index is 420. The lowest BCUT2D eigenvalue weighted by Crippen LogP contribution is -2.47. The molecule has 0 aromatic heterocycles. The van der Waals surface area contributed by atoms with Gasteiger partial charge in [0.2, 0.25) is 0 Å². The van der Waals surface area contributed by atoms with Crippen LogP contribution in [0, 0.1) is 0 Å². The van der Waals surface area contributed by atoms with E-state index in [-0.39, 0.29) is 5.97 Å². The summed E-state index contributed by atoms with van der Waals surface area (Å²) in [6.45, 7) is 5.96. The van der Waals surface area contributed by atoms with Gasteiger partial charge in [-0.3, -0.25) is 5.32 Å². The molecule has 0 amide bonds. The number of esters is 1. The van der Waals surface area contributed by atoms with Gasteiger partial charge in [0.15, 0.2) is 0 Å². The van der Waals surface area contributed by atoms with Gasteiger partial charge in [-0.1, -0.05) is 34.1 Å². The van der Waals surface area contributed by atoms with E-state index in [0.29, 0.717) is 6.54 Å². The van der Waals surface area contributed by atoms with Crippen molar-refractivity contribution in [2.45, 2.75) is 12.5 Å². The molecule has 1 aromatic rings. The first-order valence-corrected chi connectivity index (χ1v) is 6.04. The van der Waals surface area contributed by atoms with E-state index in [1.807, 2.05) is 24.3 Å². The van der Waals surface area contributed by atoms with Gasteiger partial charge in [0, 0.05) is 11.0 Å². The van der Waals surface area contributed by atoms with Crippen LogP contribution < -0.4 is 5.32 Å². The molecule has 0 spiro atoms. The van der Waals surface area contributed by atoms with Gasteiger partial charge in [0.25, 0.3) is 0 Å². The predicted octanol–water partition coefficient (Wildman–Crippen LogP) is 2.61. The third-order valence-corrected chi connectivity index (χ3v) is 3.09. The molecule has 4 heteroatoms. The molecule has 0 radical (unpaired) electrons. The molecule has 0 aliphatic heterocycles. The Balaban J connectivity index is 3.13. The maximum absolute atomic E-state index is 11.9. The average Bonchev–Trinajstić information content (AvgIpc) is 2.34. The van der Waals surface area contributed by atoms with E-state index in [4.69, 9.17) is 4.74 Å². The Morgan fingerprint density at radius 2 is 2.35 bits per heavy atom. The Morgan fingerprint density at radius 3 is 2.88 bits per heavy atom. The van der Waals surface area contributed by atoms with Gasteiger partial charge in [-0.2, -0.15) is 0 Å². The van der Waals surface area contributed by atoms with E-state index in [9.17, 15) is 4.79 Å². The second kappa shape index (κ2) is 5.98. The highest BCUT2D eigenvalue weighted by molar-refractivity contribution is 9.10. The lowest BCUT2D eigenvalue weighted by Gasteiger charge is -2.28. The number of nitrogens with one attached hydrogen (secondary N) is 1. The summed E-state index contributed by atoms with van der Waals surface area (Å²) < 4.78 is 5.78. The van der Waals surface area contributed by atoms with E-state index in [2.05, 4.69) is 27.8 Å². The molecular formula is C13H16BrNO2. The van der Waals surface area contributed by atoms with Crippen LogP contribution in [-0.2, 0) is 15.1 Å². The molecule has 0 saturated carbocycles. The number of halogens is 1. The fraction of sp³-hybridized carbons (Fsp3) is 0.308. The highest BCUT2D eigenvalue weighted by Crippen LogP contribution is 2.25. The van der Waals surface area contributed by atoms with Crippen LogP contribution in [0.25, 0.3) is 0 Å². The molecule has 0 saturated heterocycles. The normalized spacial score (nSPS) is 13.8. The van der Waals surface area contributed by atoms with Crippen molar-refractivity contribution in [2.24, 2.45) is 0 Å². The van der Waals surface area contributed by atoms with Crippen LogP contribution in [0.3, 0.4) is 0 Å². The summed E-state index contributed by atoms with van der Waals surface area (Å²) in [6, 6.07) is 7.58. The van der Waals surface area contributed by atoms with Gasteiger partial charge in [-0.05, 0) is 24.6 Å². The summed E-state index contributed by atoms with van der Waals surface area (Å²) >= 11 is 3.39. The number of carbonyl (C=O) groups excluding carboxylic acids is 1.